The zero-order chi connectivity index (χ0) is 21.1. The molecule has 0 saturated heterocycles. The van der Waals surface area contributed by atoms with Crippen LogP contribution < -0.4 is 0 Å². The molecule has 2 rings (SSSR count). The van der Waals surface area contributed by atoms with E-state index in [1.807, 2.05) is 12.1 Å². The van der Waals surface area contributed by atoms with Gasteiger partial charge in [0.2, 0.25) is 0 Å². The van der Waals surface area contributed by atoms with E-state index in [0.717, 1.165) is 20.1 Å². The molecular weight excluding hydrogens is 484 g/mol. The van der Waals surface area contributed by atoms with Crippen LogP contribution in [0.2, 0.25) is 0 Å². The summed E-state index contributed by atoms with van der Waals surface area (Å²) in [5.41, 5.74) is 4.37. The topological polar surface area (TPSA) is 35.5 Å². The van der Waals surface area contributed by atoms with E-state index in [0.29, 0.717) is 0 Å². The summed E-state index contributed by atoms with van der Waals surface area (Å²) < 4.78 is 12.4. The first-order chi connectivity index (χ1) is 12.9. The Bertz CT molecular complexity index is 776. The Kier molecular flexibility index (Phi) is 7.38. The SMILES string of the molecule is CC(C)(C)c1ccc(COC(=O)OCc2ccc(C(C)(C)C)cc2Br)c(Br)c1. The number of carbonyl (C=O) groups is 1. The van der Waals surface area contributed by atoms with Crippen LogP contribution in [0.1, 0.15) is 63.8 Å². The van der Waals surface area contributed by atoms with Crippen molar-refractivity contribution in [1.82, 2.24) is 0 Å². The predicted octanol–water partition coefficient (Wildman–Crippen LogP) is 7.66. The lowest BCUT2D eigenvalue weighted by molar-refractivity contribution is 0.0443. The van der Waals surface area contributed by atoms with Crippen molar-refractivity contribution in [1.29, 1.82) is 0 Å². The number of benzene rings is 2. The van der Waals surface area contributed by atoms with Gasteiger partial charge in [0.25, 0.3) is 0 Å². The van der Waals surface area contributed by atoms with E-state index in [1.54, 1.807) is 0 Å². The summed E-state index contributed by atoms with van der Waals surface area (Å²) in [4.78, 5) is 12.0. The highest BCUT2D eigenvalue weighted by atomic mass is 79.9. The normalized spacial score (nSPS) is 12.0. The van der Waals surface area contributed by atoms with Crippen LogP contribution in [-0.4, -0.2) is 6.16 Å². The Morgan fingerprint density at radius 1 is 0.750 bits per heavy atom. The molecule has 0 aromatic heterocycles. The van der Waals surface area contributed by atoms with Crippen LogP contribution in [0.4, 0.5) is 4.79 Å². The monoisotopic (exact) mass is 510 g/mol. The Morgan fingerprint density at radius 2 is 1.11 bits per heavy atom. The van der Waals surface area contributed by atoms with Crippen LogP contribution in [0.25, 0.3) is 0 Å². The standard InChI is InChI=1S/C23H28Br2O3/c1-22(2,3)17-9-7-15(19(24)11-17)13-27-21(26)28-14-16-8-10-18(12-20(16)25)23(4,5)6/h7-12H,13-14H2,1-6H3. The van der Waals surface area contributed by atoms with Crippen LogP contribution in [0, 0.1) is 0 Å². The Labute approximate surface area is 185 Å². The molecule has 0 heterocycles. The van der Waals surface area contributed by atoms with Crippen LogP contribution in [0.5, 0.6) is 0 Å². The van der Waals surface area contributed by atoms with E-state index in [-0.39, 0.29) is 24.0 Å². The van der Waals surface area contributed by atoms with Crippen molar-refractivity contribution in [3.63, 3.8) is 0 Å². The zero-order valence-electron chi connectivity index (χ0n) is 17.4. The molecule has 0 spiro atoms. The molecule has 2 aromatic rings. The van der Waals surface area contributed by atoms with Gasteiger partial charge in [-0.05, 0) is 34.1 Å². The molecule has 0 unspecified atom stereocenters. The maximum absolute atomic E-state index is 12.0. The van der Waals surface area contributed by atoms with Gasteiger partial charge in [0.15, 0.2) is 0 Å². The molecule has 0 N–H and O–H groups in total. The maximum Gasteiger partial charge on any atom is 0.508 e. The number of ether oxygens (including phenoxy) is 2. The van der Waals surface area contributed by atoms with Crippen molar-refractivity contribution < 1.29 is 14.3 Å². The highest BCUT2D eigenvalue weighted by Crippen LogP contribution is 2.29. The first-order valence-electron chi connectivity index (χ1n) is 9.25. The molecule has 3 nitrogen and oxygen atoms in total. The van der Waals surface area contributed by atoms with Crippen LogP contribution >= 0.6 is 31.9 Å². The van der Waals surface area contributed by atoms with Crippen molar-refractivity contribution in [3.8, 4) is 0 Å². The molecule has 0 aliphatic heterocycles. The summed E-state index contributed by atoms with van der Waals surface area (Å²) in [5, 5.41) is 0. The third-order valence-electron chi connectivity index (χ3n) is 4.53. The molecule has 0 bridgehead atoms. The lowest BCUT2D eigenvalue weighted by atomic mass is 9.87. The smallest absolute Gasteiger partial charge is 0.429 e. The quantitative estimate of drug-likeness (QED) is 0.395. The van der Waals surface area contributed by atoms with Gasteiger partial charge >= 0.3 is 6.16 Å². The van der Waals surface area contributed by atoms with Crippen molar-refractivity contribution in [2.75, 3.05) is 0 Å². The van der Waals surface area contributed by atoms with Gasteiger partial charge in [0.1, 0.15) is 13.2 Å². The Balaban J connectivity index is 1.92. The molecule has 152 valence electrons. The second-order valence-electron chi connectivity index (χ2n) is 8.94. The van der Waals surface area contributed by atoms with E-state index in [2.05, 4.69) is 97.7 Å². The zero-order valence-corrected chi connectivity index (χ0v) is 20.5. The van der Waals surface area contributed by atoms with Gasteiger partial charge in [-0.1, -0.05) is 97.7 Å². The minimum Gasteiger partial charge on any atom is -0.429 e. The van der Waals surface area contributed by atoms with Gasteiger partial charge in [-0.2, -0.15) is 0 Å². The highest BCUT2D eigenvalue weighted by molar-refractivity contribution is 9.10. The summed E-state index contributed by atoms with van der Waals surface area (Å²) in [6, 6.07) is 12.2. The number of halogens is 2. The highest BCUT2D eigenvalue weighted by Gasteiger charge is 2.17. The predicted molar refractivity (Wildman–Crippen MR) is 121 cm³/mol. The minimum atomic E-state index is -0.682. The summed E-state index contributed by atoms with van der Waals surface area (Å²) in [7, 11) is 0. The molecule has 0 amide bonds. The summed E-state index contributed by atoms with van der Waals surface area (Å²) in [5.74, 6) is 0. The van der Waals surface area contributed by atoms with E-state index in [1.165, 1.54) is 11.1 Å². The molecule has 0 radical (unpaired) electrons. The number of hydrogen-bond acceptors (Lipinski definition) is 3. The molecular formula is C23H28Br2O3. The van der Waals surface area contributed by atoms with E-state index >= 15 is 0 Å². The van der Waals surface area contributed by atoms with Crippen molar-refractivity contribution in [2.24, 2.45) is 0 Å². The van der Waals surface area contributed by atoms with Crippen molar-refractivity contribution >= 4 is 38.0 Å². The Hall–Kier alpha value is -1.33. The molecule has 0 saturated carbocycles. The molecule has 0 aliphatic rings. The van der Waals surface area contributed by atoms with Gasteiger partial charge < -0.3 is 9.47 Å². The number of carbonyl (C=O) groups excluding carboxylic acids is 1. The molecule has 2 aromatic carbocycles. The van der Waals surface area contributed by atoms with Crippen LogP contribution in [0.15, 0.2) is 45.3 Å². The van der Waals surface area contributed by atoms with E-state index < -0.39 is 6.16 Å². The Morgan fingerprint density at radius 3 is 1.39 bits per heavy atom. The third kappa shape index (κ3) is 6.35. The van der Waals surface area contributed by atoms with Crippen molar-refractivity contribution in [3.05, 3.63) is 67.6 Å². The van der Waals surface area contributed by atoms with Crippen molar-refractivity contribution in [2.45, 2.75) is 65.6 Å². The molecule has 0 aliphatic carbocycles. The van der Waals surface area contributed by atoms with E-state index in [9.17, 15) is 4.79 Å². The average Bonchev–Trinajstić information content (AvgIpc) is 2.57. The fourth-order valence-corrected chi connectivity index (χ4v) is 3.56. The summed E-state index contributed by atoms with van der Waals surface area (Å²) in [6.07, 6.45) is -0.682. The molecule has 28 heavy (non-hydrogen) atoms. The summed E-state index contributed by atoms with van der Waals surface area (Å²) in [6.45, 7) is 13.3. The first kappa shape index (κ1) is 23.0. The average molecular weight is 512 g/mol. The molecule has 5 heteroatoms. The lowest BCUT2D eigenvalue weighted by Crippen LogP contribution is -2.12. The lowest BCUT2D eigenvalue weighted by Gasteiger charge is -2.20. The van der Waals surface area contributed by atoms with Gasteiger partial charge in [-0.3, -0.25) is 0 Å². The van der Waals surface area contributed by atoms with E-state index in [4.69, 9.17) is 9.47 Å². The fraction of sp³-hybridized carbons (Fsp3) is 0.435. The molecule has 0 fully saturated rings. The van der Waals surface area contributed by atoms with Gasteiger partial charge in [0.05, 0.1) is 0 Å². The van der Waals surface area contributed by atoms with Crippen LogP contribution in [0.3, 0.4) is 0 Å². The van der Waals surface area contributed by atoms with Crippen LogP contribution in [-0.2, 0) is 33.5 Å². The maximum atomic E-state index is 12.0. The second kappa shape index (κ2) is 9.00. The number of rotatable bonds is 4. The van der Waals surface area contributed by atoms with Gasteiger partial charge in [-0.15, -0.1) is 0 Å². The second-order valence-corrected chi connectivity index (χ2v) is 10.6. The molecule has 0 atom stereocenters. The fourth-order valence-electron chi connectivity index (χ4n) is 2.58. The minimum absolute atomic E-state index is 0.0662. The first-order valence-corrected chi connectivity index (χ1v) is 10.8. The summed E-state index contributed by atoms with van der Waals surface area (Å²) >= 11 is 7.12. The largest absolute Gasteiger partial charge is 0.508 e. The van der Waals surface area contributed by atoms with Gasteiger partial charge in [0, 0.05) is 20.1 Å². The third-order valence-corrected chi connectivity index (χ3v) is 6.01. The number of hydrogen-bond donors (Lipinski definition) is 0. The van der Waals surface area contributed by atoms with Gasteiger partial charge in [-0.25, -0.2) is 4.79 Å².